The van der Waals surface area contributed by atoms with E-state index in [1.165, 1.54) is 5.56 Å². The largest absolute Gasteiger partial charge is 0.345 e. The second-order valence-corrected chi connectivity index (χ2v) is 6.72. The Labute approximate surface area is 158 Å². The highest BCUT2D eigenvalue weighted by atomic mass is 16.1. The molecule has 0 radical (unpaired) electrons. The minimum absolute atomic E-state index is 0.157. The van der Waals surface area contributed by atoms with Crippen LogP contribution in [0.15, 0.2) is 36.7 Å². The van der Waals surface area contributed by atoms with E-state index in [0.29, 0.717) is 17.2 Å². The van der Waals surface area contributed by atoms with Crippen LogP contribution >= 0.6 is 0 Å². The normalized spacial score (nSPS) is 11.9. The average molecular weight is 364 g/mol. The van der Waals surface area contributed by atoms with Gasteiger partial charge in [0.15, 0.2) is 0 Å². The molecule has 0 spiro atoms. The number of aryl methyl sites for hydroxylation is 4. The van der Waals surface area contributed by atoms with Crippen molar-refractivity contribution in [2.24, 2.45) is 7.05 Å². The van der Waals surface area contributed by atoms with Gasteiger partial charge in [-0.15, -0.1) is 0 Å². The summed E-state index contributed by atoms with van der Waals surface area (Å²) in [5, 5.41) is 10.5. The van der Waals surface area contributed by atoms with Gasteiger partial charge in [-0.3, -0.25) is 9.48 Å². The number of aromatic nitrogens is 4. The SMILES string of the molecule is Cc1ccc(Nc2ncc(C(=O)NC(C)c3cn(C)nc3C)c(C)n2)cc1. The van der Waals surface area contributed by atoms with Crippen LogP contribution in [0.2, 0.25) is 0 Å². The molecule has 2 N–H and O–H groups in total. The lowest BCUT2D eigenvalue weighted by Gasteiger charge is -2.14. The lowest BCUT2D eigenvalue weighted by atomic mass is 10.1. The van der Waals surface area contributed by atoms with Crippen LogP contribution in [0.25, 0.3) is 0 Å². The molecule has 0 saturated heterocycles. The van der Waals surface area contributed by atoms with E-state index >= 15 is 0 Å². The molecule has 3 aromatic rings. The van der Waals surface area contributed by atoms with Gasteiger partial charge in [0, 0.05) is 30.7 Å². The van der Waals surface area contributed by atoms with Crippen molar-refractivity contribution in [3.05, 3.63) is 64.7 Å². The van der Waals surface area contributed by atoms with Gasteiger partial charge in [0.25, 0.3) is 5.91 Å². The van der Waals surface area contributed by atoms with Crippen LogP contribution in [0.1, 0.15) is 45.8 Å². The van der Waals surface area contributed by atoms with E-state index in [1.54, 1.807) is 17.8 Å². The van der Waals surface area contributed by atoms with E-state index in [2.05, 4.69) is 25.7 Å². The van der Waals surface area contributed by atoms with Gasteiger partial charge in [0.2, 0.25) is 5.95 Å². The van der Waals surface area contributed by atoms with Crippen LogP contribution in [0.4, 0.5) is 11.6 Å². The molecule has 0 saturated carbocycles. The molecule has 2 aromatic heterocycles. The third-order valence-electron chi connectivity index (χ3n) is 4.40. The third-order valence-corrected chi connectivity index (χ3v) is 4.40. The molecule has 0 aliphatic rings. The van der Waals surface area contributed by atoms with Crippen molar-refractivity contribution in [2.45, 2.75) is 33.7 Å². The van der Waals surface area contributed by atoms with Crippen molar-refractivity contribution in [3.63, 3.8) is 0 Å². The second kappa shape index (κ2) is 7.57. The van der Waals surface area contributed by atoms with E-state index in [-0.39, 0.29) is 11.9 Å². The Balaban J connectivity index is 1.72. The number of nitrogens with zero attached hydrogens (tertiary/aromatic N) is 4. The number of amides is 1. The minimum atomic E-state index is -0.204. The van der Waals surface area contributed by atoms with Gasteiger partial charge >= 0.3 is 0 Å². The maximum atomic E-state index is 12.6. The number of carbonyl (C=O) groups is 1. The Hall–Kier alpha value is -3.22. The highest BCUT2D eigenvalue weighted by Gasteiger charge is 2.18. The van der Waals surface area contributed by atoms with Crippen molar-refractivity contribution >= 4 is 17.5 Å². The van der Waals surface area contributed by atoms with Gasteiger partial charge in [-0.1, -0.05) is 17.7 Å². The Morgan fingerprint density at radius 2 is 1.81 bits per heavy atom. The summed E-state index contributed by atoms with van der Waals surface area (Å²) in [6.07, 6.45) is 3.47. The molecule has 2 heterocycles. The molecule has 7 nitrogen and oxygen atoms in total. The predicted molar refractivity (Wildman–Crippen MR) is 105 cm³/mol. The van der Waals surface area contributed by atoms with Crippen molar-refractivity contribution in [1.82, 2.24) is 25.1 Å². The lowest BCUT2D eigenvalue weighted by molar-refractivity contribution is 0.0938. The fraction of sp³-hybridized carbons (Fsp3) is 0.300. The standard InChI is InChI=1S/C20H24N6O/c1-12-6-8-16(9-7-12)24-20-21-10-17(13(2)23-20)19(27)22-14(3)18-11-26(5)25-15(18)4/h6-11,14H,1-5H3,(H,22,27)(H,21,23,24). The molecule has 1 unspecified atom stereocenters. The maximum absolute atomic E-state index is 12.6. The molecule has 7 heteroatoms. The summed E-state index contributed by atoms with van der Waals surface area (Å²) >= 11 is 0. The fourth-order valence-corrected chi connectivity index (χ4v) is 2.91. The average Bonchev–Trinajstić information content (AvgIpc) is 2.95. The summed E-state index contributed by atoms with van der Waals surface area (Å²) in [7, 11) is 1.86. The van der Waals surface area contributed by atoms with Gasteiger partial charge in [-0.25, -0.2) is 9.97 Å². The molecule has 140 valence electrons. The minimum Gasteiger partial charge on any atom is -0.345 e. The van der Waals surface area contributed by atoms with Gasteiger partial charge < -0.3 is 10.6 Å². The molecule has 0 aliphatic heterocycles. The summed E-state index contributed by atoms with van der Waals surface area (Å²) in [5.41, 5.74) is 5.04. The van der Waals surface area contributed by atoms with Gasteiger partial charge in [0.05, 0.1) is 23.0 Å². The predicted octanol–water partition coefficient (Wildman–Crippen LogP) is 3.37. The first-order valence-corrected chi connectivity index (χ1v) is 8.82. The molecule has 27 heavy (non-hydrogen) atoms. The Kier molecular flexibility index (Phi) is 5.21. The van der Waals surface area contributed by atoms with Crippen LogP contribution in [0, 0.1) is 20.8 Å². The van der Waals surface area contributed by atoms with Crippen LogP contribution in [-0.4, -0.2) is 25.7 Å². The van der Waals surface area contributed by atoms with E-state index in [1.807, 2.05) is 58.3 Å². The summed E-state index contributed by atoms with van der Waals surface area (Å²) < 4.78 is 1.74. The van der Waals surface area contributed by atoms with Crippen molar-refractivity contribution in [2.75, 3.05) is 5.32 Å². The van der Waals surface area contributed by atoms with E-state index in [0.717, 1.165) is 16.9 Å². The zero-order chi connectivity index (χ0) is 19.6. The van der Waals surface area contributed by atoms with Crippen LogP contribution in [0.5, 0.6) is 0 Å². The molecule has 0 aliphatic carbocycles. The zero-order valence-electron chi connectivity index (χ0n) is 16.2. The maximum Gasteiger partial charge on any atom is 0.255 e. The number of benzene rings is 1. The van der Waals surface area contributed by atoms with Crippen LogP contribution in [0.3, 0.4) is 0 Å². The summed E-state index contributed by atoms with van der Waals surface area (Å²) in [6.45, 7) is 7.70. The molecule has 3 rings (SSSR count). The number of hydrogen-bond donors (Lipinski definition) is 2. The smallest absolute Gasteiger partial charge is 0.255 e. The Bertz CT molecular complexity index is 961. The fourth-order valence-electron chi connectivity index (χ4n) is 2.91. The van der Waals surface area contributed by atoms with Crippen molar-refractivity contribution in [1.29, 1.82) is 0 Å². The lowest BCUT2D eigenvalue weighted by Crippen LogP contribution is -2.28. The summed E-state index contributed by atoms with van der Waals surface area (Å²) in [4.78, 5) is 21.3. The Morgan fingerprint density at radius 1 is 1.11 bits per heavy atom. The van der Waals surface area contributed by atoms with Crippen LogP contribution in [-0.2, 0) is 7.05 Å². The molecular formula is C20H24N6O. The van der Waals surface area contributed by atoms with Crippen LogP contribution < -0.4 is 10.6 Å². The first-order chi connectivity index (χ1) is 12.8. The Morgan fingerprint density at radius 3 is 2.41 bits per heavy atom. The van der Waals surface area contributed by atoms with Crippen molar-refractivity contribution < 1.29 is 4.79 Å². The monoisotopic (exact) mass is 364 g/mol. The molecule has 0 fully saturated rings. The second-order valence-electron chi connectivity index (χ2n) is 6.72. The number of nitrogens with one attached hydrogen (secondary N) is 2. The van der Waals surface area contributed by atoms with Gasteiger partial charge in [-0.2, -0.15) is 5.10 Å². The van der Waals surface area contributed by atoms with E-state index in [4.69, 9.17) is 0 Å². The number of hydrogen-bond acceptors (Lipinski definition) is 5. The molecule has 0 bridgehead atoms. The van der Waals surface area contributed by atoms with Gasteiger partial charge in [0.1, 0.15) is 0 Å². The topological polar surface area (TPSA) is 84.7 Å². The molecular weight excluding hydrogens is 340 g/mol. The number of rotatable bonds is 5. The summed E-state index contributed by atoms with van der Waals surface area (Å²) in [5.74, 6) is 0.259. The highest BCUT2D eigenvalue weighted by molar-refractivity contribution is 5.95. The van der Waals surface area contributed by atoms with Crippen molar-refractivity contribution in [3.8, 4) is 0 Å². The molecule has 1 atom stereocenters. The quantitative estimate of drug-likeness (QED) is 0.725. The highest BCUT2D eigenvalue weighted by Crippen LogP contribution is 2.18. The summed E-state index contributed by atoms with van der Waals surface area (Å²) in [6, 6.07) is 7.80. The molecule has 1 amide bonds. The first kappa shape index (κ1) is 18.6. The number of carbonyl (C=O) groups excluding carboxylic acids is 1. The number of anilines is 2. The van der Waals surface area contributed by atoms with Gasteiger partial charge in [-0.05, 0) is 39.8 Å². The van der Waals surface area contributed by atoms with E-state index in [9.17, 15) is 4.79 Å². The first-order valence-electron chi connectivity index (χ1n) is 8.82. The molecule has 1 aromatic carbocycles. The third kappa shape index (κ3) is 4.31. The van der Waals surface area contributed by atoms with E-state index < -0.39 is 0 Å². The zero-order valence-corrected chi connectivity index (χ0v) is 16.2.